The summed E-state index contributed by atoms with van der Waals surface area (Å²) < 4.78 is 1.94. The van der Waals surface area contributed by atoms with Crippen molar-refractivity contribution in [2.75, 3.05) is 0 Å². The van der Waals surface area contributed by atoms with E-state index in [-0.39, 0.29) is 0 Å². The molecule has 4 nitrogen and oxygen atoms in total. The Bertz CT molecular complexity index is 727. The molecule has 0 saturated carbocycles. The van der Waals surface area contributed by atoms with Crippen molar-refractivity contribution in [2.24, 2.45) is 0 Å². The molecule has 1 aromatic carbocycles. The fourth-order valence-electron chi connectivity index (χ4n) is 1.88. The molecule has 0 atom stereocenters. The van der Waals surface area contributed by atoms with E-state index in [0.29, 0.717) is 5.02 Å². The summed E-state index contributed by atoms with van der Waals surface area (Å²) in [5.41, 5.74) is 1.77. The molecule has 0 amide bonds. The number of aryl methyl sites for hydroxylation is 1. The van der Waals surface area contributed by atoms with Crippen molar-refractivity contribution < 1.29 is 0 Å². The second kappa shape index (κ2) is 6.90. The number of nitrogens with zero attached hydrogens (tertiary/aromatic N) is 3. The number of aromatic amines is 1. The Morgan fingerprint density at radius 2 is 2.00 bits per heavy atom. The minimum absolute atomic E-state index is 0.688. The lowest BCUT2D eigenvalue weighted by molar-refractivity contribution is 1.05. The predicted molar refractivity (Wildman–Crippen MR) is 86.8 cm³/mol. The average molecular weight is 301 g/mol. The third-order valence-electron chi connectivity index (χ3n) is 2.70. The van der Waals surface area contributed by atoms with E-state index in [4.69, 9.17) is 11.6 Å². The highest BCUT2D eigenvalue weighted by Crippen LogP contribution is 2.25. The highest BCUT2D eigenvalue weighted by molar-refractivity contribution is 6.32. The normalized spacial score (nSPS) is 9.86. The van der Waals surface area contributed by atoms with Gasteiger partial charge in [-0.25, -0.2) is 9.97 Å². The Balaban J connectivity index is 0.000000497. The topological polar surface area (TPSA) is 46.5 Å². The lowest BCUT2D eigenvalue weighted by Gasteiger charge is -2.08. The van der Waals surface area contributed by atoms with Crippen LogP contribution in [0.15, 0.2) is 55.5 Å². The van der Waals surface area contributed by atoms with Gasteiger partial charge in [0, 0.05) is 12.4 Å². The number of H-pyrrole nitrogens is 1. The van der Waals surface area contributed by atoms with Gasteiger partial charge < -0.3 is 4.98 Å². The van der Waals surface area contributed by atoms with Gasteiger partial charge in [-0.05, 0) is 26.0 Å². The predicted octanol–water partition coefficient (Wildman–Crippen LogP) is 4.42. The molecular formula is C16H17ClN4. The summed E-state index contributed by atoms with van der Waals surface area (Å²) in [7, 11) is 0. The molecule has 108 valence electrons. The molecule has 5 heteroatoms. The second-order valence-corrected chi connectivity index (χ2v) is 4.77. The molecule has 0 radical (unpaired) electrons. The van der Waals surface area contributed by atoms with Crippen molar-refractivity contribution in [3.05, 3.63) is 66.4 Å². The van der Waals surface area contributed by atoms with E-state index in [9.17, 15) is 0 Å². The summed E-state index contributed by atoms with van der Waals surface area (Å²) in [6, 6.07) is 7.67. The summed E-state index contributed by atoms with van der Waals surface area (Å²) in [5.74, 6) is 1.66. The number of hydrogen-bond acceptors (Lipinski definition) is 2. The Hall–Kier alpha value is -2.33. The minimum Gasteiger partial charge on any atom is -0.340 e. The molecule has 21 heavy (non-hydrogen) atoms. The van der Waals surface area contributed by atoms with Gasteiger partial charge in [0.25, 0.3) is 0 Å². The number of nitrogens with one attached hydrogen (secondary N) is 1. The maximum absolute atomic E-state index is 6.21. The van der Waals surface area contributed by atoms with Crippen molar-refractivity contribution in [1.82, 2.24) is 19.5 Å². The highest BCUT2D eigenvalue weighted by atomic mass is 35.5. The van der Waals surface area contributed by atoms with Crippen LogP contribution in [0.5, 0.6) is 0 Å². The first-order chi connectivity index (χ1) is 10.2. The van der Waals surface area contributed by atoms with Gasteiger partial charge in [0.1, 0.15) is 11.5 Å². The van der Waals surface area contributed by atoms with Gasteiger partial charge in [0.05, 0.1) is 16.9 Å². The fourth-order valence-corrected chi connectivity index (χ4v) is 2.11. The molecule has 2 aromatic heterocycles. The zero-order chi connectivity index (χ0) is 15.2. The number of allylic oxidation sites excluding steroid dienone is 1. The number of para-hydroxylation sites is 1. The molecule has 2 heterocycles. The number of imidazole rings is 2. The van der Waals surface area contributed by atoms with Crippen molar-refractivity contribution in [3.8, 4) is 17.2 Å². The molecular weight excluding hydrogens is 284 g/mol. The number of halogens is 1. The molecule has 0 spiro atoms. The van der Waals surface area contributed by atoms with Crippen LogP contribution in [0.25, 0.3) is 17.2 Å². The minimum atomic E-state index is 0.688. The van der Waals surface area contributed by atoms with Crippen LogP contribution in [0.4, 0.5) is 0 Å². The maximum Gasteiger partial charge on any atom is 0.162 e. The summed E-state index contributed by atoms with van der Waals surface area (Å²) in [6.45, 7) is 7.16. The van der Waals surface area contributed by atoms with Crippen LogP contribution < -0.4 is 0 Å². The lowest BCUT2D eigenvalue weighted by Crippen LogP contribution is -1.97. The molecule has 1 N–H and O–H groups in total. The van der Waals surface area contributed by atoms with Crippen LogP contribution >= 0.6 is 11.6 Å². The smallest absolute Gasteiger partial charge is 0.162 e. The van der Waals surface area contributed by atoms with Crippen LogP contribution in [0.2, 0.25) is 5.02 Å². The van der Waals surface area contributed by atoms with E-state index in [0.717, 1.165) is 23.0 Å². The van der Waals surface area contributed by atoms with Crippen LogP contribution in [0.1, 0.15) is 12.7 Å². The van der Waals surface area contributed by atoms with Gasteiger partial charge in [0.2, 0.25) is 0 Å². The van der Waals surface area contributed by atoms with Gasteiger partial charge in [0.15, 0.2) is 5.82 Å². The summed E-state index contributed by atoms with van der Waals surface area (Å²) in [4.78, 5) is 11.7. The maximum atomic E-state index is 6.21. The third-order valence-corrected chi connectivity index (χ3v) is 3.02. The molecule has 0 aliphatic heterocycles. The van der Waals surface area contributed by atoms with E-state index in [1.165, 1.54) is 0 Å². The first kappa shape index (κ1) is 15.1. The Morgan fingerprint density at radius 3 is 2.62 bits per heavy atom. The molecule has 0 bridgehead atoms. The van der Waals surface area contributed by atoms with Crippen molar-refractivity contribution >= 4 is 11.6 Å². The molecule has 3 rings (SSSR count). The van der Waals surface area contributed by atoms with Crippen LogP contribution in [-0.2, 0) is 0 Å². The van der Waals surface area contributed by atoms with Crippen LogP contribution in [0, 0.1) is 6.92 Å². The highest BCUT2D eigenvalue weighted by Gasteiger charge is 2.11. The number of benzene rings is 1. The molecule has 0 saturated heterocycles. The zero-order valence-electron chi connectivity index (χ0n) is 12.0. The largest absolute Gasteiger partial charge is 0.340 e. The number of aromatic nitrogens is 4. The van der Waals surface area contributed by atoms with Gasteiger partial charge in [-0.1, -0.05) is 29.8 Å². The monoisotopic (exact) mass is 300 g/mol. The van der Waals surface area contributed by atoms with E-state index >= 15 is 0 Å². The standard InChI is InChI=1S/C13H11ClN4.C3H6/c1-9-16-8-11(17-9)13-15-6-7-18(13)12-5-3-2-4-10(12)14;1-3-2/h2-8H,1H3,(H,16,17);3H,1H2,2H3. The summed E-state index contributed by atoms with van der Waals surface area (Å²) in [5, 5.41) is 0.688. The van der Waals surface area contributed by atoms with E-state index in [2.05, 4.69) is 21.5 Å². The summed E-state index contributed by atoms with van der Waals surface area (Å²) in [6.07, 6.45) is 7.15. The Kier molecular flexibility index (Phi) is 4.95. The molecule has 0 fully saturated rings. The molecule has 3 aromatic rings. The van der Waals surface area contributed by atoms with Crippen LogP contribution in [0.3, 0.4) is 0 Å². The van der Waals surface area contributed by atoms with Crippen molar-refractivity contribution in [2.45, 2.75) is 13.8 Å². The zero-order valence-corrected chi connectivity index (χ0v) is 12.8. The van der Waals surface area contributed by atoms with Crippen molar-refractivity contribution in [3.63, 3.8) is 0 Å². The molecule has 0 unspecified atom stereocenters. The van der Waals surface area contributed by atoms with E-state index in [1.54, 1.807) is 18.5 Å². The van der Waals surface area contributed by atoms with Gasteiger partial charge in [-0.3, -0.25) is 4.57 Å². The van der Waals surface area contributed by atoms with E-state index < -0.39 is 0 Å². The van der Waals surface area contributed by atoms with Gasteiger partial charge in [-0.2, -0.15) is 0 Å². The van der Waals surface area contributed by atoms with Crippen LogP contribution in [-0.4, -0.2) is 19.5 Å². The van der Waals surface area contributed by atoms with Gasteiger partial charge >= 0.3 is 0 Å². The lowest BCUT2D eigenvalue weighted by atomic mass is 10.3. The average Bonchev–Trinajstić information content (AvgIpc) is 3.08. The second-order valence-electron chi connectivity index (χ2n) is 4.36. The Labute approximate surface area is 129 Å². The number of rotatable bonds is 2. The fraction of sp³-hybridized carbons (Fsp3) is 0.125. The van der Waals surface area contributed by atoms with E-state index in [1.807, 2.05) is 48.9 Å². The quantitative estimate of drug-likeness (QED) is 0.712. The third kappa shape index (κ3) is 3.41. The number of hydrogen-bond donors (Lipinski definition) is 1. The SMILES string of the molecule is C=CC.Cc1ncc(-c2nccn2-c2ccccc2Cl)[nH]1. The first-order valence-corrected chi connectivity index (χ1v) is 6.92. The summed E-state index contributed by atoms with van der Waals surface area (Å²) >= 11 is 6.21. The van der Waals surface area contributed by atoms with Gasteiger partial charge in [-0.15, -0.1) is 6.58 Å². The first-order valence-electron chi connectivity index (χ1n) is 6.54. The molecule has 0 aliphatic carbocycles. The molecule has 0 aliphatic rings. The van der Waals surface area contributed by atoms with Crippen molar-refractivity contribution in [1.29, 1.82) is 0 Å². The Morgan fingerprint density at radius 1 is 1.29 bits per heavy atom.